The molecule has 1 aromatic carbocycles. The third kappa shape index (κ3) is 4.33. The molecule has 1 aromatic rings. The maximum Gasteiger partial charge on any atom is 0.0992 e. The Kier molecular flexibility index (Phi) is 4.81. The van der Waals surface area contributed by atoms with Crippen LogP contribution in [0.3, 0.4) is 0 Å². The number of nitrogens with one attached hydrogen (secondary N) is 1. The molecule has 2 N–H and O–H groups in total. The topological polar surface area (TPSA) is 56.0 Å². The monoisotopic (exact) mass is 218 g/mol. The number of nitriles is 1. The molecule has 0 spiro atoms. The van der Waals surface area contributed by atoms with E-state index in [4.69, 9.17) is 5.26 Å². The van der Waals surface area contributed by atoms with Crippen LogP contribution in [-0.2, 0) is 0 Å². The molecule has 0 aromatic heterocycles. The lowest BCUT2D eigenvalue weighted by molar-refractivity contribution is 0.161. The first-order chi connectivity index (χ1) is 7.61. The molecule has 0 amide bonds. The highest BCUT2D eigenvalue weighted by Crippen LogP contribution is 2.11. The van der Waals surface area contributed by atoms with Crippen molar-refractivity contribution in [2.24, 2.45) is 5.92 Å². The molecule has 0 bridgehead atoms. The van der Waals surface area contributed by atoms with E-state index in [-0.39, 0.29) is 6.10 Å². The van der Waals surface area contributed by atoms with E-state index in [0.29, 0.717) is 18.0 Å². The molecule has 1 atom stereocenters. The number of anilines is 1. The molecule has 16 heavy (non-hydrogen) atoms. The van der Waals surface area contributed by atoms with Crippen LogP contribution in [0.4, 0.5) is 5.69 Å². The molecule has 0 saturated carbocycles. The lowest BCUT2D eigenvalue weighted by Gasteiger charge is -2.14. The average Bonchev–Trinajstić information content (AvgIpc) is 2.26. The number of hydrogen-bond acceptors (Lipinski definition) is 3. The van der Waals surface area contributed by atoms with Crippen LogP contribution in [0.1, 0.15) is 25.8 Å². The van der Waals surface area contributed by atoms with Crippen molar-refractivity contribution in [2.45, 2.75) is 26.4 Å². The van der Waals surface area contributed by atoms with Crippen molar-refractivity contribution in [3.63, 3.8) is 0 Å². The molecule has 0 aliphatic rings. The maximum atomic E-state index is 9.68. The third-order valence-corrected chi connectivity index (χ3v) is 2.28. The van der Waals surface area contributed by atoms with Gasteiger partial charge in [0.25, 0.3) is 0 Å². The van der Waals surface area contributed by atoms with Crippen LogP contribution in [0.15, 0.2) is 24.3 Å². The molecule has 0 heterocycles. The second kappa shape index (κ2) is 6.14. The predicted molar refractivity (Wildman–Crippen MR) is 65.1 cm³/mol. The first-order valence-corrected chi connectivity index (χ1v) is 5.54. The summed E-state index contributed by atoms with van der Waals surface area (Å²) >= 11 is 0. The second-order valence-electron chi connectivity index (χ2n) is 4.36. The minimum atomic E-state index is -0.342. The fourth-order valence-electron chi connectivity index (χ4n) is 1.56. The van der Waals surface area contributed by atoms with Crippen LogP contribution < -0.4 is 5.32 Å². The molecule has 1 unspecified atom stereocenters. The van der Waals surface area contributed by atoms with E-state index in [1.807, 2.05) is 12.1 Å². The van der Waals surface area contributed by atoms with Crippen LogP contribution in [-0.4, -0.2) is 17.8 Å². The minimum absolute atomic E-state index is 0.342. The standard InChI is InChI=1S/C13H18N2O/c1-10(2)6-13(16)9-15-12-5-3-4-11(7-12)8-14/h3-5,7,10,13,15-16H,6,9H2,1-2H3. The number of benzene rings is 1. The van der Waals surface area contributed by atoms with Crippen molar-refractivity contribution in [1.82, 2.24) is 0 Å². The Bertz CT molecular complexity index is 368. The molecule has 0 saturated heterocycles. The van der Waals surface area contributed by atoms with Gasteiger partial charge in [-0.05, 0) is 30.5 Å². The molecule has 3 nitrogen and oxygen atoms in total. The Labute approximate surface area is 96.7 Å². The molecule has 3 heteroatoms. The van der Waals surface area contributed by atoms with Gasteiger partial charge in [-0.25, -0.2) is 0 Å². The Morgan fingerprint density at radius 3 is 2.81 bits per heavy atom. The molecule has 86 valence electrons. The number of aliphatic hydroxyl groups excluding tert-OH is 1. The van der Waals surface area contributed by atoms with Crippen LogP contribution in [0.2, 0.25) is 0 Å². The molecule has 1 rings (SSSR count). The molecule has 0 aliphatic carbocycles. The zero-order valence-electron chi connectivity index (χ0n) is 9.77. The van der Waals surface area contributed by atoms with Crippen molar-refractivity contribution >= 4 is 5.69 Å². The highest BCUT2D eigenvalue weighted by atomic mass is 16.3. The average molecular weight is 218 g/mol. The fraction of sp³-hybridized carbons (Fsp3) is 0.462. The van der Waals surface area contributed by atoms with E-state index < -0.39 is 0 Å². The lowest BCUT2D eigenvalue weighted by Crippen LogP contribution is -2.21. The predicted octanol–water partition coefficient (Wildman–Crippen LogP) is 2.38. The van der Waals surface area contributed by atoms with E-state index in [9.17, 15) is 5.11 Å². The van der Waals surface area contributed by atoms with Crippen LogP contribution in [0.25, 0.3) is 0 Å². The quantitative estimate of drug-likeness (QED) is 0.797. The minimum Gasteiger partial charge on any atom is -0.391 e. The normalized spacial score (nSPS) is 12.2. The summed E-state index contributed by atoms with van der Waals surface area (Å²) in [5.74, 6) is 0.488. The summed E-state index contributed by atoms with van der Waals surface area (Å²) in [6.07, 6.45) is 0.441. The maximum absolute atomic E-state index is 9.68. The summed E-state index contributed by atoms with van der Waals surface area (Å²) < 4.78 is 0. The number of nitrogens with zero attached hydrogens (tertiary/aromatic N) is 1. The van der Waals surface area contributed by atoms with E-state index in [1.165, 1.54) is 0 Å². The third-order valence-electron chi connectivity index (χ3n) is 2.28. The number of aliphatic hydroxyl groups is 1. The van der Waals surface area contributed by atoms with Crippen molar-refractivity contribution < 1.29 is 5.11 Å². The molecule has 0 radical (unpaired) electrons. The van der Waals surface area contributed by atoms with Gasteiger partial charge in [0.15, 0.2) is 0 Å². The van der Waals surface area contributed by atoms with Gasteiger partial charge >= 0.3 is 0 Å². The first-order valence-electron chi connectivity index (χ1n) is 5.54. The fourth-order valence-corrected chi connectivity index (χ4v) is 1.56. The van der Waals surface area contributed by atoms with E-state index in [1.54, 1.807) is 12.1 Å². The summed E-state index contributed by atoms with van der Waals surface area (Å²) in [5.41, 5.74) is 1.50. The largest absolute Gasteiger partial charge is 0.391 e. The van der Waals surface area contributed by atoms with Crippen molar-refractivity contribution in [3.8, 4) is 6.07 Å². The van der Waals surface area contributed by atoms with Gasteiger partial charge in [-0.1, -0.05) is 19.9 Å². The Hall–Kier alpha value is -1.53. The molecule has 0 aliphatic heterocycles. The molecular formula is C13H18N2O. The summed E-state index contributed by atoms with van der Waals surface area (Å²) in [7, 11) is 0. The Balaban J connectivity index is 2.45. The van der Waals surface area contributed by atoms with Crippen LogP contribution >= 0.6 is 0 Å². The van der Waals surface area contributed by atoms with Gasteiger partial charge in [-0.3, -0.25) is 0 Å². The van der Waals surface area contributed by atoms with Gasteiger partial charge in [0, 0.05) is 12.2 Å². The van der Waals surface area contributed by atoms with Crippen molar-refractivity contribution in [2.75, 3.05) is 11.9 Å². The smallest absolute Gasteiger partial charge is 0.0992 e. The first kappa shape index (κ1) is 12.5. The highest BCUT2D eigenvalue weighted by molar-refractivity contribution is 5.49. The number of rotatable bonds is 5. The van der Waals surface area contributed by atoms with E-state index in [2.05, 4.69) is 25.2 Å². The summed E-state index contributed by atoms with van der Waals surface area (Å²) in [4.78, 5) is 0. The van der Waals surface area contributed by atoms with Gasteiger partial charge in [-0.15, -0.1) is 0 Å². The van der Waals surface area contributed by atoms with Gasteiger partial charge in [0.1, 0.15) is 0 Å². The summed E-state index contributed by atoms with van der Waals surface area (Å²) in [6, 6.07) is 9.35. The molecular weight excluding hydrogens is 200 g/mol. The van der Waals surface area contributed by atoms with Gasteiger partial charge in [0.2, 0.25) is 0 Å². The summed E-state index contributed by atoms with van der Waals surface area (Å²) in [5, 5.41) is 21.5. The lowest BCUT2D eigenvalue weighted by atomic mass is 10.1. The van der Waals surface area contributed by atoms with Crippen molar-refractivity contribution in [1.29, 1.82) is 5.26 Å². The van der Waals surface area contributed by atoms with Gasteiger partial charge < -0.3 is 10.4 Å². The van der Waals surface area contributed by atoms with Gasteiger partial charge in [-0.2, -0.15) is 5.26 Å². The second-order valence-corrected chi connectivity index (χ2v) is 4.36. The Morgan fingerprint density at radius 1 is 1.44 bits per heavy atom. The highest BCUT2D eigenvalue weighted by Gasteiger charge is 2.06. The SMILES string of the molecule is CC(C)CC(O)CNc1cccc(C#N)c1. The zero-order valence-corrected chi connectivity index (χ0v) is 9.77. The molecule has 0 fully saturated rings. The van der Waals surface area contributed by atoms with Crippen LogP contribution in [0, 0.1) is 17.2 Å². The van der Waals surface area contributed by atoms with Gasteiger partial charge in [0.05, 0.1) is 17.7 Å². The van der Waals surface area contributed by atoms with E-state index in [0.717, 1.165) is 12.1 Å². The van der Waals surface area contributed by atoms with E-state index >= 15 is 0 Å². The summed E-state index contributed by atoms with van der Waals surface area (Å²) in [6.45, 7) is 4.69. The van der Waals surface area contributed by atoms with Crippen molar-refractivity contribution in [3.05, 3.63) is 29.8 Å². The zero-order chi connectivity index (χ0) is 12.0. The Morgan fingerprint density at radius 2 is 2.19 bits per heavy atom. The van der Waals surface area contributed by atoms with Crippen LogP contribution in [0.5, 0.6) is 0 Å². The number of hydrogen-bond donors (Lipinski definition) is 2.